The number of hydrogen-bond acceptors (Lipinski definition) is 4. The van der Waals surface area contributed by atoms with Crippen molar-refractivity contribution in [3.63, 3.8) is 0 Å². The van der Waals surface area contributed by atoms with Crippen molar-refractivity contribution in [2.75, 3.05) is 32.8 Å². The fourth-order valence-electron chi connectivity index (χ4n) is 4.16. The van der Waals surface area contributed by atoms with Crippen LogP contribution in [0.25, 0.3) is 0 Å². The van der Waals surface area contributed by atoms with Crippen molar-refractivity contribution in [1.29, 1.82) is 0 Å². The van der Waals surface area contributed by atoms with Gasteiger partial charge < -0.3 is 15.4 Å². The van der Waals surface area contributed by atoms with E-state index >= 15 is 0 Å². The number of ether oxygens (including phenoxy) is 1. The first-order valence-electron chi connectivity index (χ1n) is 11.2. The lowest BCUT2D eigenvalue weighted by atomic mass is 10.0. The molecular weight excluding hydrogens is 374 g/mol. The average molecular weight is 408 g/mol. The molecule has 2 aromatic rings. The standard InChI is InChI=1S/C24H33N5O/c1-2-25-24(27-13-8-19-6-7-23-20(17-19)11-16-30-23)28-21-9-14-29(15-10-21)18-22-5-3-4-12-26-22/h3-7,12,17,21H,2,8-11,13-16,18H2,1H3,(H2,25,27,28). The van der Waals surface area contributed by atoms with Crippen LogP contribution in [0.1, 0.15) is 36.6 Å². The number of pyridine rings is 1. The Bertz CT molecular complexity index is 831. The first-order valence-corrected chi connectivity index (χ1v) is 11.2. The van der Waals surface area contributed by atoms with Crippen molar-refractivity contribution >= 4 is 5.96 Å². The number of piperidine rings is 1. The number of benzene rings is 1. The summed E-state index contributed by atoms with van der Waals surface area (Å²) in [5.74, 6) is 1.98. The second-order valence-corrected chi connectivity index (χ2v) is 8.07. The normalized spacial score (nSPS) is 17.4. The molecule has 0 radical (unpaired) electrons. The summed E-state index contributed by atoms with van der Waals surface area (Å²) in [6.07, 6.45) is 6.10. The summed E-state index contributed by atoms with van der Waals surface area (Å²) < 4.78 is 5.60. The van der Waals surface area contributed by atoms with Gasteiger partial charge in [0.1, 0.15) is 5.75 Å². The van der Waals surface area contributed by atoms with Crippen LogP contribution in [0.2, 0.25) is 0 Å². The lowest BCUT2D eigenvalue weighted by Crippen LogP contribution is -2.48. The Morgan fingerprint density at radius 3 is 2.93 bits per heavy atom. The zero-order chi connectivity index (χ0) is 20.6. The molecule has 6 nitrogen and oxygen atoms in total. The number of rotatable bonds is 7. The molecule has 4 rings (SSSR count). The Labute approximate surface area is 179 Å². The zero-order valence-electron chi connectivity index (χ0n) is 17.9. The highest BCUT2D eigenvalue weighted by Crippen LogP contribution is 2.26. The maximum Gasteiger partial charge on any atom is 0.191 e. The van der Waals surface area contributed by atoms with E-state index in [2.05, 4.69) is 57.8 Å². The molecule has 1 aromatic heterocycles. The molecule has 1 fully saturated rings. The molecule has 2 aliphatic rings. The zero-order valence-corrected chi connectivity index (χ0v) is 17.9. The van der Waals surface area contributed by atoms with Gasteiger partial charge in [-0.25, -0.2) is 0 Å². The van der Waals surface area contributed by atoms with Crippen molar-refractivity contribution in [3.8, 4) is 5.75 Å². The van der Waals surface area contributed by atoms with Gasteiger partial charge in [-0.2, -0.15) is 0 Å². The van der Waals surface area contributed by atoms with E-state index in [1.165, 1.54) is 11.1 Å². The fourth-order valence-corrected chi connectivity index (χ4v) is 4.16. The Kier molecular flexibility index (Phi) is 7.19. The van der Waals surface area contributed by atoms with Gasteiger partial charge in [-0.3, -0.25) is 14.9 Å². The molecule has 0 amide bonds. The smallest absolute Gasteiger partial charge is 0.191 e. The van der Waals surface area contributed by atoms with Crippen molar-refractivity contribution < 1.29 is 4.74 Å². The van der Waals surface area contributed by atoms with Crippen LogP contribution >= 0.6 is 0 Å². The maximum absolute atomic E-state index is 5.60. The first kappa shape index (κ1) is 20.7. The molecule has 2 aliphatic heterocycles. The highest BCUT2D eigenvalue weighted by Gasteiger charge is 2.20. The van der Waals surface area contributed by atoms with Gasteiger partial charge in [-0.15, -0.1) is 0 Å². The molecule has 0 spiro atoms. The number of fused-ring (bicyclic) bond motifs is 1. The van der Waals surface area contributed by atoms with Gasteiger partial charge in [0.2, 0.25) is 0 Å². The van der Waals surface area contributed by atoms with Crippen molar-refractivity contribution in [2.45, 2.75) is 45.2 Å². The predicted octanol–water partition coefficient (Wildman–Crippen LogP) is 2.78. The molecule has 30 heavy (non-hydrogen) atoms. The number of aromatic nitrogens is 1. The van der Waals surface area contributed by atoms with E-state index in [0.717, 1.165) is 82.4 Å². The first-order chi connectivity index (χ1) is 14.8. The molecule has 0 aliphatic carbocycles. The van der Waals surface area contributed by atoms with Crippen LogP contribution in [0.5, 0.6) is 5.75 Å². The van der Waals surface area contributed by atoms with Crippen LogP contribution in [0.15, 0.2) is 47.6 Å². The Balaban J connectivity index is 1.24. The Hall–Kier alpha value is -2.60. The average Bonchev–Trinajstić information content (AvgIpc) is 3.24. The molecule has 160 valence electrons. The van der Waals surface area contributed by atoms with Gasteiger partial charge in [0.05, 0.1) is 12.3 Å². The third-order valence-electron chi connectivity index (χ3n) is 5.81. The molecule has 0 saturated carbocycles. The number of aliphatic imine (C=N–C) groups is 1. The topological polar surface area (TPSA) is 61.8 Å². The van der Waals surface area contributed by atoms with E-state index in [9.17, 15) is 0 Å². The summed E-state index contributed by atoms with van der Waals surface area (Å²) in [6.45, 7) is 7.70. The van der Waals surface area contributed by atoms with Crippen LogP contribution in [-0.4, -0.2) is 54.7 Å². The van der Waals surface area contributed by atoms with Crippen LogP contribution in [0, 0.1) is 0 Å². The molecular formula is C24H33N5O. The molecule has 3 heterocycles. The highest BCUT2D eigenvalue weighted by molar-refractivity contribution is 5.80. The number of likely N-dealkylation sites (tertiary alicyclic amines) is 1. The van der Waals surface area contributed by atoms with E-state index in [-0.39, 0.29) is 0 Å². The SMILES string of the molecule is CCNC(=NCCc1ccc2c(c1)CCO2)NC1CCN(Cc2ccccn2)CC1. The molecule has 1 aromatic carbocycles. The Morgan fingerprint density at radius 2 is 2.13 bits per heavy atom. The predicted molar refractivity (Wildman–Crippen MR) is 121 cm³/mol. The maximum atomic E-state index is 5.60. The minimum Gasteiger partial charge on any atom is -0.493 e. The van der Waals surface area contributed by atoms with Gasteiger partial charge in [0.15, 0.2) is 5.96 Å². The van der Waals surface area contributed by atoms with Gasteiger partial charge in [-0.05, 0) is 55.5 Å². The van der Waals surface area contributed by atoms with E-state index in [4.69, 9.17) is 9.73 Å². The third-order valence-corrected chi connectivity index (χ3v) is 5.81. The molecule has 2 N–H and O–H groups in total. The molecule has 6 heteroatoms. The van der Waals surface area contributed by atoms with Crippen LogP contribution < -0.4 is 15.4 Å². The number of guanidine groups is 1. The van der Waals surface area contributed by atoms with Crippen LogP contribution in [0.3, 0.4) is 0 Å². The minimum atomic E-state index is 0.472. The molecule has 0 bridgehead atoms. The minimum absolute atomic E-state index is 0.472. The van der Waals surface area contributed by atoms with Gasteiger partial charge >= 0.3 is 0 Å². The quantitative estimate of drug-likeness (QED) is 0.546. The van der Waals surface area contributed by atoms with Gasteiger partial charge in [0.25, 0.3) is 0 Å². The van der Waals surface area contributed by atoms with Crippen molar-refractivity contribution in [1.82, 2.24) is 20.5 Å². The molecule has 1 saturated heterocycles. The summed E-state index contributed by atoms with van der Waals surface area (Å²) in [5.41, 5.74) is 3.82. The summed E-state index contributed by atoms with van der Waals surface area (Å²) in [5, 5.41) is 7.05. The summed E-state index contributed by atoms with van der Waals surface area (Å²) in [6, 6.07) is 13.1. The van der Waals surface area contributed by atoms with E-state index in [1.807, 2.05) is 12.3 Å². The third kappa shape index (κ3) is 5.72. The lowest BCUT2D eigenvalue weighted by molar-refractivity contribution is 0.196. The Morgan fingerprint density at radius 1 is 1.23 bits per heavy atom. The summed E-state index contributed by atoms with van der Waals surface area (Å²) in [7, 11) is 0. The largest absolute Gasteiger partial charge is 0.493 e. The van der Waals surface area contributed by atoms with Gasteiger partial charge in [-0.1, -0.05) is 18.2 Å². The monoisotopic (exact) mass is 407 g/mol. The van der Waals surface area contributed by atoms with E-state index in [1.54, 1.807) is 0 Å². The molecule has 0 atom stereocenters. The second-order valence-electron chi connectivity index (χ2n) is 8.07. The summed E-state index contributed by atoms with van der Waals surface area (Å²) in [4.78, 5) is 11.8. The highest BCUT2D eigenvalue weighted by atomic mass is 16.5. The number of hydrogen-bond donors (Lipinski definition) is 2. The number of nitrogens with one attached hydrogen (secondary N) is 2. The molecule has 0 unspecified atom stereocenters. The van der Waals surface area contributed by atoms with Crippen molar-refractivity contribution in [2.24, 2.45) is 4.99 Å². The fraction of sp³-hybridized carbons (Fsp3) is 0.500. The van der Waals surface area contributed by atoms with Crippen molar-refractivity contribution in [3.05, 3.63) is 59.4 Å². The van der Waals surface area contributed by atoms with Crippen LogP contribution in [-0.2, 0) is 19.4 Å². The van der Waals surface area contributed by atoms with Crippen LogP contribution in [0.4, 0.5) is 0 Å². The number of nitrogens with zero attached hydrogens (tertiary/aromatic N) is 3. The lowest BCUT2D eigenvalue weighted by Gasteiger charge is -2.32. The summed E-state index contributed by atoms with van der Waals surface area (Å²) >= 11 is 0. The second kappa shape index (κ2) is 10.4. The van der Waals surface area contributed by atoms with Gasteiger partial charge in [0, 0.05) is 51.4 Å². The van der Waals surface area contributed by atoms with E-state index < -0.39 is 0 Å². The van der Waals surface area contributed by atoms with E-state index in [0.29, 0.717) is 6.04 Å².